The Morgan fingerprint density at radius 1 is 0.953 bits per heavy atom. The van der Waals surface area contributed by atoms with Crippen molar-refractivity contribution in [3.05, 3.63) is 0 Å². The number of quaternary nitrogens is 1. The van der Waals surface area contributed by atoms with E-state index < -0.39 is 69.1 Å². The first-order chi connectivity index (χ1) is 20.1. The highest BCUT2D eigenvalue weighted by Crippen LogP contribution is 2.30. The maximum atomic E-state index is 13.9. The van der Waals surface area contributed by atoms with Gasteiger partial charge in [0, 0.05) is 12.6 Å². The lowest BCUT2D eigenvalue weighted by Gasteiger charge is -2.40. The normalized spacial score (nSPS) is 21.2. The fourth-order valence-corrected chi connectivity index (χ4v) is 8.25. The summed E-state index contributed by atoms with van der Waals surface area (Å²) in [6, 6.07) is -2.44. The molecular weight excluding hydrogens is 576 g/mol. The van der Waals surface area contributed by atoms with Gasteiger partial charge < -0.3 is 26.2 Å². The molecule has 2 saturated carbocycles. The second-order valence-corrected chi connectivity index (χ2v) is 15.4. The van der Waals surface area contributed by atoms with Gasteiger partial charge in [0.05, 0.1) is 25.2 Å². The molecule has 244 valence electrons. The Hall–Kier alpha value is -2.74. The molecule has 5 N–H and O–H groups in total. The number of urea groups is 1. The summed E-state index contributed by atoms with van der Waals surface area (Å²) in [6.07, 6.45) is 6.23. The maximum Gasteiger partial charge on any atom is 0.315 e. The number of nitrogens with one attached hydrogen (secondary N) is 5. The van der Waals surface area contributed by atoms with E-state index in [0.29, 0.717) is 49.6 Å². The van der Waals surface area contributed by atoms with Crippen LogP contribution in [-0.2, 0) is 29.2 Å². The van der Waals surface area contributed by atoms with Gasteiger partial charge in [0.15, 0.2) is 0 Å². The van der Waals surface area contributed by atoms with Crippen LogP contribution in [0.4, 0.5) is 4.79 Å². The second kappa shape index (κ2) is 14.4. The number of ketones is 1. The smallest absolute Gasteiger partial charge is 0.315 e. The van der Waals surface area contributed by atoms with Crippen molar-refractivity contribution in [2.24, 2.45) is 5.41 Å². The van der Waals surface area contributed by atoms with Crippen LogP contribution in [0.15, 0.2) is 0 Å². The Morgan fingerprint density at radius 2 is 1.58 bits per heavy atom. The van der Waals surface area contributed by atoms with Crippen LogP contribution in [0.25, 0.3) is 0 Å². The Balaban J connectivity index is 1.69. The summed E-state index contributed by atoms with van der Waals surface area (Å²) in [7, 11) is -3.54. The summed E-state index contributed by atoms with van der Waals surface area (Å²) in [6.45, 7) is 9.76. The highest BCUT2D eigenvalue weighted by molar-refractivity contribution is 7.85. The van der Waals surface area contributed by atoms with Crippen LogP contribution in [0.5, 0.6) is 0 Å². The van der Waals surface area contributed by atoms with E-state index in [4.69, 9.17) is 0 Å². The lowest BCUT2D eigenvalue weighted by Crippen LogP contribution is -3.14. The molecule has 5 amide bonds. The first kappa shape index (κ1) is 34.7. The molecule has 13 nitrogen and oxygen atoms in total. The van der Waals surface area contributed by atoms with Gasteiger partial charge in [-0.3, -0.25) is 19.2 Å². The van der Waals surface area contributed by atoms with Gasteiger partial charge in [-0.1, -0.05) is 40.0 Å². The summed E-state index contributed by atoms with van der Waals surface area (Å²) in [5.41, 5.74) is -1.66. The van der Waals surface area contributed by atoms with E-state index in [2.05, 4.69) is 21.3 Å². The van der Waals surface area contributed by atoms with Crippen molar-refractivity contribution in [1.29, 1.82) is 0 Å². The van der Waals surface area contributed by atoms with Gasteiger partial charge in [-0.05, 0) is 57.8 Å². The van der Waals surface area contributed by atoms with Crippen molar-refractivity contribution in [1.82, 2.24) is 26.2 Å². The summed E-state index contributed by atoms with van der Waals surface area (Å²) in [5.74, 6) is -2.61. The first-order valence-electron chi connectivity index (χ1n) is 15.7. The van der Waals surface area contributed by atoms with Crippen LogP contribution in [0, 0.1) is 5.41 Å². The van der Waals surface area contributed by atoms with Crippen LogP contribution in [-0.4, -0.2) is 98.4 Å². The fourth-order valence-electron chi connectivity index (χ4n) is 6.07. The van der Waals surface area contributed by atoms with Crippen LogP contribution in [0.3, 0.4) is 0 Å². The quantitative estimate of drug-likeness (QED) is 0.173. The number of likely N-dealkylation sites (tertiary alicyclic amines) is 1. The van der Waals surface area contributed by atoms with Crippen LogP contribution in [0.2, 0.25) is 0 Å². The van der Waals surface area contributed by atoms with Crippen molar-refractivity contribution >= 4 is 39.6 Å². The zero-order valence-electron chi connectivity index (χ0n) is 26.3. The second-order valence-electron chi connectivity index (χ2n) is 13.3. The van der Waals surface area contributed by atoms with Gasteiger partial charge in [0.2, 0.25) is 17.6 Å². The Labute approximate surface area is 255 Å². The molecule has 0 aromatic rings. The molecule has 3 rings (SSSR count). The highest BCUT2D eigenvalue weighted by Gasteiger charge is 2.45. The van der Waals surface area contributed by atoms with Crippen LogP contribution < -0.4 is 25.6 Å². The number of carbonyl (C=O) groups is 5. The average molecular weight is 628 g/mol. The lowest BCUT2D eigenvalue weighted by molar-refractivity contribution is -0.762. The van der Waals surface area contributed by atoms with Crippen molar-refractivity contribution in [3.63, 3.8) is 0 Å². The number of amides is 5. The molecule has 3 fully saturated rings. The Bertz CT molecular complexity index is 1150. The number of hydrogen-bond donors (Lipinski definition) is 5. The third-order valence-electron chi connectivity index (χ3n) is 8.70. The molecule has 1 saturated heterocycles. The number of rotatable bonds is 13. The molecule has 0 unspecified atom stereocenters. The topological polar surface area (TPSA) is 175 Å². The molecule has 2 aliphatic carbocycles. The molecule has 14 heteroatoms. The van der Waals surface area contributed by atoms with Gasteiger partial charge in [-0.2, -0.15) is 8.42 Å². The summed E-state index contributed by atoms with van der Waals surface area (Å²) >= 11 is 0. The molecule has 2 atom stereocenters. The minimum absolute atomic E-state index is 0.0232. The van der Waals surface area contributed by atoms with E-state index in [0.717, 1.165) is 32.1 Å². The molecule has 3 aliphatic rings. The fraction of sp³-hybridized carbons (Fsp3) is 0.828. The van der Waals surface area contributed by atoms with E-state index in [1.165, 1.54) is 4.90 Å². The predicted molar refractivity (Wildman–Crippen MR) is 160 cm³/mol. The van der Waals surface area contributed by atoms with Gasteiger partial charge in [0.25, 0.3) is 15.9 Å². The minimum atomic E-state index is -3.54. The zero-order valence-corrected chi connectivity index (χ0v) is 27.2. The molecule has 0 radical (unpaired) electrons. The standard InChI is InChI=1S/C29H50N6O7S/c1-6-34(7-2)43(41,42)19-29(15-9-8-10-16-29)33-27(40)32-23(28(3,4)5)26(39)35-17-11-12-21(35)24(37)30-18-22(36)25(38)31-20-13-14-20/h20-21,23H,6-19H2,1-5H3,(H,30,37)(H,31,38)(H2,32,33,40)/p+1/t21-,23+/m0/s1. The van der Waals surface area contributed by atoms with Gasteiger partial charge in [-0.25, -0.2) is 9.10 Å². The minimum Gasteiger partial charge on any atom is -0.347 e. The van der Waals surface area contributed by atoms with E-state index >= 15 is 0 Å². The Morgan fingerprint density at radius 3 is 2.14 bits per heavy atom. The maximum absolute atomic E-state index is 13.9. The summed E-state index contributed by atoms with van der Waals surface area (Å²) in [5, 5.41) is 10.9. The number of carbonyl (C=O) groups excluding carboxylic acids is 5. The molecule has 43 heavy (non-hydrogen) atoms. The molecular formula is C29H51N6O7S+. The SMILES string of the molecule is CC[NH+](CC)S(=O)(=O)CC1(NC(=O)N[C@H](C(=O)N2CCC[C@H]2C(=O)NCC(=O)C(=O)NC2CC2)C(C)(C)C)CCCCC1. The van der Waals surface area contributed by atoms with E-state index in [1.54, 1.807) is 0 Å². The van der Waals surface area contributed by atoms with E-state index in [9.17, 15) is 32.4 Å². The van der Waals surface area contributed by atoms with E-state index in [-0.39, 0.29) is 11.8 Å². The first-order valence-corrected chi connectivity index (χ1v) is 17.4. The lowest BCUT2D eigenvalue weighted by atomic mass is 9.83. The summed E-state index contributed by atoms with van der Waals surface area (Å²) < 4.78 is 26.9. The third-order valence-corrected chi connectivity index (χ3v) is 11.1. The third kappa shape index (κ3) is 9.37. The van der Waals surface area contributed by atoms with Crippen molar-refractivity contribution < 1.29 is 36.7 Å². The van der Waals surface area contributed by atoms with Crippen LogP contribution >= 0.6 is 0 Å². The number of nitrogens with zero attached hydrogens (tertiary/aromatic N) is 1. The molecule has 0 spiro atoms. The monoisotopic (exact) mass is 627 g/mol. The van der Waals surface area contributed by atoms with Crippen LogP contribution in [0.1, 0.15) is 92.4 Å². The summed E-state index contributed by atoms with van der Waals surface area (Å²) in [4.78, 5) is 65.9. The molecule has 0 aromatic carbocycles. The number of sulfonamides is 1. The van der Waals surface area contributed by atoms with E-state index in [1.807, 2.05) is 34.6 Å². The predicted octanol–water partition coefficient (Wildman–Crippen LogP) is -0.387. The van der Waals surface area contributed by atoms with Crippen molar-refractivity contribution in [2.45, 2.75) is 116 Å². The molecule has 0 aromatic heterocycles. The largest absolute Gasteiger partial charge is 0.347 e. The Kier molecular flexibility index (Phi) is 11.6. The number of hydrogen-bond acceptors (Lipinski definition) is 7. The highest BCUT2D eigenvalue weighted by atomic mass is 32.2. The van der Waals surface area contributed by atoms with Crippen molar-refractivity contribution in [2.75, 3.05) is 31.9 Å². The average Bonchev–Trinajstić information content (AvgIpc) is 3.60. The van der Waals surface area contributed by atoms with Crippen molar-refractivity contribution in [3.8, 4) is 0 Å². The van der Waals surface area contributed by atoms with Gasteiger partial charge in [0.1, 0.15) is 17.8 Å². The molecule has 1 aliphatic heterocycles. The molecule has 0 bridgehead atoms. The van der Waals surface area contributed by atoms with Gasteiger partial charge in [-0.15, -0.1) is 0 Å². The number of Topliss-reactive ketones (excluding diaryl/α,β-unsaturated/α-hetero) is 1. The zero-order chi connectivity index (χ0) is 32.0. The van der Waals surface area contributed by atoms with Gasteiger partial charge >= 0.3 is 6.03 Å². The molecule has 1 heterocycles.